The van der Waals surface area contributed by atoms with Gasteiger partial charge in [-0.1, -0.05) is 42.5 Å². The normalized spacial score (nSPS) is 16.0. The van der Waals surface area contributed by atoms with Crippen LogP contribution in [-0.4, -0.2) is 29.5 Å². The first-order valence-corrected chi connectivity index (χ1v) is 8.32. The molecule has 122 valence electrons. The molecule has 2 aromatic carbocycles. The van der Waals surface area contributed by atoms with E-state index in [1.54, 1.807) is 30.3 Å². The smallest absolute Gasteiger partial charge is 0.307 e. The summed E-state index contributed by atoms with van der Waals surface area (Å²) < 4.78 is 5.02. The number of benzene rings is 2. The number of thioether (sulfide) groups is 1. The molecule has 2 aromatic rings. The van der Waals surface area contributed by atoms with E-state index in [9.17, 15) is 14.4 Å². The van der Waals surface area contributed by atoms with E-state index >= 15 is 0 Å². The molecule has 0 spiro atoms. The predicted octanol–water partition coefficient (Wildman–Crippen LogP) is 2.92. The van der Waals surface area contributed by atoms with Crippen molar-refractivity contribution in [1.82, 2.24) is 0 Å². The largest absolute Gasteiger partial charge is 0.457 e. The van der Waals surface area contributed by atoms with E-state index in [-0.39, 0.29) is 24.7 Å². The Bertz CT molecular complexity index is 776. The van der Waals surface area contributed by atoms with Crippen molar-refractivity contribution in [2.45, 2.75) is 16.6 Å². The van der Waals surface area contributed by atoms with Crippen molar-refractivity contribution in [3.8, 4) is 0 Å². The third-order valence-corrected chi connectivity index (χ3v) is 4.79. The second kappa shape index (κ2) is 7.31. The van der Waals surface area contributed by atoms with Crippen LogP contribution in [0, 0.1) is 0 Å². The van der Waals surface area contributed by atoms with Gasteiger partial charge in [0.1, 0.15) is 0 Å². The lowest BCUT2D eigenvalue weighted by molar-refractivity contribution is -0.143. The number of anilines is 1. The molecule has 0 aromatic heterocycles. The highest BCUT2D eigenvalue weighted by molar-refractivity contribution is 8.01. The average molecular weight is 341 g/mol. The van der Waals surface area contributed by atoms with E-state index in [1.165, 1.54) is 11.8 Å². The number of fused-ring (bicyclic) bond motifs is 1. The van der Waals surface area contributed by atoms with Gasteiger partial charge in [-0.25, -0.2) is 0 Å². The maximum absolute atomic E-state index is 12.0. The fourth-order valence-corrected chi connectivity index (χ4v) is 3.39. The SMILES string of the molecule is O=C(CC1Sc2ccccc2NC1=O)OCC(=O)c1ccccc1. The molecule has 1 aliphatic rings. The molecule has 1 atom stereocenters. The molecule has 0 saturated carbocycles. The molecule has 0 bridgehead atoms. The van der Waals surface area contributed by atoms with Gasteiger partial charge in [0.25, 0.3) is 0 Å². The molecule has 1 heterocycles. The maximum Gasteiger partial charge on any atom is 0.307 e. The summed E-state index contributed by atoms with van der Waals surface area (Å²) in [6.45, 7) is -0.321. The molecule has 0 saturated heterocycles. The molecule has 0 fully saturated rings. The molecule has 24 heavy (non-hydrogen) atoms. The van der Waals surface area contributed by atoms with Gasteiger partial charge in [0.05, 0.1) is 17.4 Å². The summed E-state index contributed by atoms with van der Waals surface area (Å²) >= 11 is 1.33. The first kappa shape index (κ1) is 16.3. The number of hydrogen-bond donors (Lipinski definition) is 1. The van der Waals surface area contributed by atoms with Crippen LogP contribution < -0.4 is 5.32 Å². The van der Waals surface area contributed by atoms with Crippen LogP contribution in [0.3, 0.4) is 0 Å². The molecule has 1 N–H and O–H groups in total. The van der Waals surface area contributed by atoms with Crippen LogP contribution in [0.2, 0.25) is 0 Å². The first-order chi connectivity index (χ1) is 11.6. The molecule has 1 amide bonds. The van der Waals surface area contributed by atoms with Gasteiger partial charge in [-0.15, -0.1) is 11.8 Å². The zero-order valence-electron chi connectivity index (χ0n) is 12.7. The Morgan fingerprint density at radius 2 is 1.75 bits per heavy atom. The Morgan fingerprint density at radius 3 is 2.54 bits per heavy atom. The maximum atomic E-state index is 12.0. The van der Waals surface area contributed by atoms with Crippen LogP contribution >= 0.6 is 11.8 Å². The van der Waals surface area contributed by atoms with Crippen LogP contribution in [0.25, 0.3) is 0 Å². The molecular formula is C18H15NO4S. The topological polar surface area (TPSA) is 72.5 Å². The molecule has 3 rings (SSSR count). The van der Waals surface area contributed by atoms with Gasteiger partial charge in [0.15, 0.2) is 12.4 Å². The average Bonchev–Trinajstić information content (AvgIpc) is 2.61. The van der Waals surface area contributed by atoms with Crippen LogP contribution in [-0.2, 0) is 14.3 Å². The summed E-state index contributed by atoms with van der Waals surface area (Å²) in [6.07, 6.45) is -0.0765. The molecule has 0 aliphatic carbocycles. The van der Waals surface area contributed by atoms with Crippen molar-refractivity contribution in [1.29, 1.82) is 0 Å². The van der Waals surface area contributed by atoms with E-state index in [0.717, 1.165) is 10.6 Å². The second-order valence-electron chi connectivity index (χ2n) is 5.25. The summed E-state index contributed by atoms with van der Waals surface area (Å²) in [5, 5.41) is 2.22. The highest BCUT2D eigenvalue weighted by Gasteiger charge is 2.29. The summed E-state index contributed by atoms with van der Waals surface area (Å²) in [5.74, 6) is -1.06. The monoisotopic (exact) mass is 341 g/mol. The number of para-hydroxylation sites is 1. The Labute approximate surface area is 143 Å². The molecule has 0 radical (unpaired) electrons. The minimum absolute atomic E-state index is 0.0765. The fourth-order valence-electron chi connectivity index (χ4n) is 2.29. The van der Waals surface area contributed by atoms with Crippen LogP contribution in [0.1, 0.15) is 16.8 Å². The number of esters is 1. The van der Waals surface area contributed by atoms with Gasteiger partial charge in [0.2, 0.25) is 5.91 Å². The summed E-state index contributed by atoms with van der Waals surface area (Å²) in [6, 6.07) is 16.0. The van der Waals surface area contributed by atoms with Crippen LogP contribution in [0.5, 0.6) is 0 Å². The van der Waals surface area contributed by atoms with Gasteiger partial charge in [-0.2, -0.15) is 0 Å². The van der Waals surface area contributed by atoms with Crippen LogP contribution in [0.15, 0.2) is 59.5 Å². The van der Waals surface area contributed by atoms with Crippen molar-refractivity contribution in [2.24, 2.45) is 0 Å². The van der Waals surface area contributed by atoms with Crippen molar-refractivity contribution in [2.75, 3.05) is 11.9 Å². The first-order valence-electron chi connectivity index (χ1n) is 7.44. The van der Waals surface area contributed by atoms with Gasteiger partial charge in [-0.05, 0) is 12.1 Å². The second-order valence-corrected chi connectivity index (χ2v) is 6.49. The lowest BCUT2D eigenvalue weighted by Gasteiger charge is -2.23. The zero-order chi connectivity index (χ0) is 16.9. The summed E-state index contributed by atoms with van der Waals surface area (Å²) in [7, 11) is 0. The number of nitrogens with one attached hydrogen (secondary N) is 1. The zero-order valence-corrected chi connectivity index (χ0v) is 13.5. The van der Waals surface area contributed by atoms with Crippen molar-refractivity contribution in [3.05, 3.63) is 60.2 Å². The highest BCUT2D eigenvalue weighted by Crippen LogP contribution is 2.36. The van der Waals surface area contributed by atoms with E-state index in [1.807, 2.05) is 24.3 Å². The van der Waals surface area contributed by atoms with Crippen LogP contribution in [0.4, 0.5) is 5.69 Å². The van der Waals surface area contributed by atoms with E-state index in [0.29, 0.717) is 5.56 Å². The molecule has 1 aliphatic heterocycles. The van der Waals surface area contributed by atoms with Gasteiger partial charge in [0, 0.05) is 10.5 Å². The highest BCUT2D eigenvalue weighted by atomic mass is 32.2. The molecule has 6 heteroatoms. The molecular weight excluding hydrogens is 326 g/mol. The Morgan fingerprint density at radius 1 is 1.04 bits per heavy atom. The number of amides is 1. The number of ketones is 1. The van der Waals surface area contributed by atoms with E-state index in [2.05, 4.69) is 5.32 Å². The lowest BCUT2D eigenvalue weighted by Crippen LogP contribution is -2.31. The Balaban J connectivity index is 1.54. The fraction of sp³-hybridized carbons (Fsp3) is 0.167. The van der Waals surface area contributed by atoms with Gasteiger partial charge < -0.3 is 10.1 Å². The molecule has 5 nitrogen and oxygen atoms in total. The van der Waals surface area contributed by atoms with E-state index < -0.39 is 11.2 Å². The minimum Gasteiger partial charge on any atom is -0.457 e. The van der Waals surface area contributed by atoms with Crippen molar-refractivity contribution >= 4 is 35.1 Å². The number of ether oxygens (including phenoxy) is 1. The van der Waals surface area contributed by atoms with E-state index in [4.69, 9.17) is 4.74 Å². The van der Waals surface area contributed by atoms with Crippen molar-refractivity contribution in [3.63, 3.8) is 0 Å². The number of hydrogen-bond acceptors (Lipinski definition) is 5. The Hall–Kier alpha value is -2.60. The molecule has 1 unspecified atom stereocenters. The number of Topliss-reactive ketones (excluding diaryl/α,β-unsaturated/α-hetero) is 1. The minimum atomic E-state index is -0.564. The summed E-state index contributed by atoms with van der Waals surface area (Å²) in [4.78, 5) is 36.8. The Kier molecular flexibility index (Phi) is 4.96. The van der Waals surface area contributed by atoms with Crippen molar-refractivity contribution < 1.29 is 19.1 Å². The summed E-state index contributed by atoms with van der Waals surface area (Å²) in [5.41, 5.74) is 1.24. The number of carbonyl (C=O) groups excluding carboxylic acids is 3. The predicted molar refractivity (Wildman–Crippen MR) is 91.1 cm³/mol. The standard InChI is InChI=1S/C18H15NO4S/c20-14(12-6-2-1-3-7-12)11-23-17(21)10-16-18(22)19-13-8-4-5-9-15(13)24-16/h1-9,16H,10-11H2,(H,19,22). The number of rotatable bonds is 5. The lowest BCUT2D eigenvalue weighted by atomic mass is 10.1. The third-order valence-electron chi connectivity index (χ3n) is 3.52. The third kappa shape index (κ3) is 3.83. The number of carbonyl (C=O) groups is 3. The van der Waals surface area contributed by atoms with Gasteiger partial charge >= 0.3 is 5.97 Å². The quantitative estimate of drug-likeness (QED) is 0.669. The van der Waals surface area contributed by atoms with Gasteiger partial charge in [-0.3, -0.25) is 14.4 Å².